The predicted octanol–water partition coefficient (Wildman–Crippen LogP) is 6.95. The zero-order valence-electron chi connectivity index (χ0n) is 8.74. The van der Waals surface area contributed by atoms with Gasteiger partial charge in [-0.25, -0.2) is 0 Å². The molecule has 0 saturated carbocycles. The van der Waals surface area contributed by atoms with Gasteiger partial charge in [-0.3, -0.25) is 0 Å². The minimum absolute atomic E-state index is 0.601. The van der Waals surface area contributed by atoms with E-state index in [-0.39, 0.29) is 0 Å². The van der Waals surface area contributed by atoms with Crippen LogP contribution in [0.1, 0.15) is 4.88 Å². The van der Waals surface area contributed by atoms with Gasteiger partial charge in [0.1, 0.15) is 0 Å². The lowest BCUT2D eigenvalue weighted by Crippen LogP contribution is -1.98. The van der Waals surface area contributed by atoms with Crippen LogP contribution >= 0.6 is 82.3 Å². The first-order chi connectivity index (χ1) is 8.47. The van der Waals surface area contributed by atoms with Crippen LogP contribution in [0.3, 0.4) is 0 Å². The highest BCUT2D eigenvalue weighted by Gasteiger charge is 2.09. The maximum atomic E-state index is 6.15. The quantitative estimate of drug-likeness (QED) is 0.486. The number of nitrogens with one attached hydrogen (secondary N) is 1. The van der Waals surface area contributed by atoms with E-state index in [1.807, 2.05) is 12.1 Å². The standard InChI is InChI=1S/C11H6Br3Cl2NS/c12-5-1-8(15)10(9(16)2-5)17-4-6-3-7(13)11(14)18-6/h1-3,17H,4H2. The van der Waals surface area contributed by atoms with Crippen molar-refractivity contribution in [2.45, 2.75) is 6.54 Å². The Balaban J connectivity index is 2.15. The number of thiophene rings is 1. The Bertz CT molecular complexity index is 543. The number of benzene rings is 1. The lowest BCUT2D eigenvalue weighted by molar-refractivity contribution is 1.19. The van der Waals surface area contributed by atoms with Gasteiger partial charge in [0.2, 0.25) is 0 Å². The van der Waals surface area contributed by atoms with Crippen LogP contribution in [0.4, 0.5) is 5.69 Å². The number of hydrogen-bond donors (Lipinski definition) is 1. The molecule has 1 aromatic heterocycles. The van der Waals surface area contributed by atoms with Crippen molar-refractivity contribution in [1.82, 2.24) is 0 Å². The van der Waals surface area contributed by atoms with E-state index < -0.39 is 0 Å². The van der Waals surface area contributed by atoms with Gasteiger partial charge >= 0.3 is 0 Å². The molecule has 0 radical (unpaired) electrons. The van der Waals surface area contributed by atoms with Crippen LogP contribution < -0.4 is 5.32 Å². The molecule has 96 valence electrons. The molecule has 0 atom stereocenters. The molecule has 1 aromatic carbocycles. The zero-order valence-corrected chi connectivity index (χ0v) is 15.8. The molecule has 0 aliphatic rings. The Morgan fingerprint density at radius 3 is 2.17 bits per heavy atom. The third kappa shape index (κ3) is 3.64. The molecule has 0 spiro atoms. The van der Waals surface area contributed by atoms with Crippen molar-refractivity contribution >= 4 is 88.0 Å². The highest BCUT2D eigenvalue weighted by molar-refractivity contribution is 9.13. The fourth-order valence-corrected chi connectivity index (χ4v) is 4.82. The SMILES string of the molecule is Clc1cc(Br)cc(Cl)c1NCc1cc(Br)c(Br)s1. The lowest BCUT2D eigenvalue weighted by Gasteiger charge is -2.09. The second kappa shape index (κ2) is 6.46. The summed E-state index contributed by atoms with van der Waals surface area (Å²) < 4.78 is 2.99. The van der Waals surface area contributed by atoms with E-state index in [9.17, 15) is 0 Å². The maximum absolute atomic E-state index is 6.15. The smallest absolute Gasteiger partial charge is 0.0843 e. The van der Waals surface area contributed by atoms with Crippen LogP contribution in [0.5, 0.6) is 0 Å². The Hall–Kier alpha value is 0.740. The first-order valence-corrected chi connectivity index (χ1v) is 8.74. The van der Waals surface area contributed by atoms with Gasteiger partial charge in [0.25, 0.3) is 0 Å². The molecule has 18 heavy (non-hydrogen) atoms. The Kier molecular flexibility index (Phi) is 5.43. The molecule has 1 heterocycles. The van der Waals surface area contributed by atoms with Crippen molar-refractivity contribution < 1.29 is 0 Å². The molecule has 0 amide bonds. The monoisotopic (exact) mass is 491 g/mol. The van der Waals surface area contributed by atoms with Crippen LogP contribution in [0.25, 0.3) is 0 Å². The molecular formula is C11H6Br3Cl2NS. The van der Waals surface area contributed by atoms with Gasteiger partial charge in [-0.05, 0) is 50.1 Å². The van der Waals surface area contributed by atoms with Crippen LogP contribution in [-0.2, 0) is 6.54 Å². The normalized spacial score (nSPS) is 10.7. The van der Waals surface area contributed by atoms with Gasteiger partial charge < -0.3 is 5.32 Å². The number of halogens is 5. The van der Waals surface area contributed by atoms with Crippen LogP contribution in [0.2, 0.25) is 10.0 Å². The summed E-state index contributed by atoms with van der Waals surface area (Å²) >= 11 is 24.2. The summed E-state index contributed by atoms with van der Waals surface area (Å²) in [6.45, 7) is 0.677. The summed E-state index contributed by atoms with van der Waals surface area (Å²) in [6.07, 6.45) is 0. The first kappa shape index (κ1) is 15.1. The average molecular weight is 495 g/mol. The largest absolute Gasteiger partial charge is 0.378 e. The summed E-state index contributed by atoms with van der Waals surface area (Å²) in [5, 5.41) is 4.45. The fourth-order valence-electron chi connectivity index (χ4n) is 1.37. The van der Waals surface area contributed by atoms with Crippen molar-refractivity contribution in [3.8, 4) is 0 Å². The summed E-state index contributed by atoms with van der Waals surface area (Å²) in [5.41, 5.74) is 0.752. The minimum Gasteiger partial charge on any atom is -0.378 e. The van der Waals surface area contributed by atoms with Crippen molar-refractivity contribution in [3.63, 3.8) is 0 Å². The van der Waals surface area contributed by atoms with Crippen molar-refractivity contribution in [1.29, 1.82) is 0 Å². The van der Waals surface area contributed by atoms with E-state index in [0.29, 0.717) is 16.6 Å². The molecule has 0 aliphatic carbocycles. The van der Waals surface area contributed by atoms with Crippen LogP contribution in [0.15, 0.2) is 30.9 Å². The topological polar surface area (TPSA) is 12.0 Å². The molecular weight excluding hydrogens is 489 g/mol. The molecule has 2 rings (SSSR count). The van der Waals surface area contributed by atoms with E-state index in [1.165, 1.54) is 4.88 Å². The highest BCUT2D eigenvalue weighted by Crippen LogP contribution is 2.36. The Labute approximate surface area is 144 Å². The maximum Gasteiger partial charge on any atom is 0.0843 e. The first-order valence-electron chi connectivity index (χ1n) is 4.79. The molecule has 1 N–H and O–H groups in total. The minimum atomic E-state index is 0.601. The van der Waals surface area contributed by atoms with Crippen LogP contribution in [-0.4, -0.2) is 0 Å². The van der Waals surface area contributed by atoms with E-state index in [1.54, 1.807) is 11.3 Å². The summed E-state index contributed by atoms with van der Waals surface area (Å²) in [6, 6.07) is 5.69. The third-order valence-electron chi connectivity index (χ3n) is 2.14. The average Bonchev–Trinajstić information content (AvgIpc) is 2.56. The molecule has 0 unspecified atom stereocenters. The second-order valence-corrected chi connectivity index (χ2v) is 8.47. The summed E-state index contributed by atoms with van der Waals surface area (Å²) in [4.78, 5) is 1.18. The summed E-state index contributed by atoms with van der Waals surface area (Å²) in [7, 11) is 0. The lowest BCUT2D eigenvalue weighted by atomic mass is 10.3. The molecule has 0 fully saturated rings. The fraction of sp³-hybridized carbons (Fsp3) is 0.0909. The van der Waals surface area contributed by atoms with Gasteiger partial charge in [0.05, 0.1) is 19.5 Å². The third-order valence-corrected chi connectivity index (χ3v) is 6.45. The summed E-state index contributed by atoms with van der Waals surface area (Å²) in [5.74, 6) is 0. The van der Waals surface area contributed by atoms with E-state index in [2.05, 4.69) is 59.2 Å². The van der Waals surface area contributed by atoms with Crippen LogP contribution in [0, 0.1) is 0 Å². The predicted molar refractivity (Wildman–Crippen MR) is 91.2 cm³/mol. The number of anilines is 1. The number of rotatable bonds is 3. The molecule has 0 saturated heterocycles. The van der Waals surface area contributed by atoms with Gasteiger partial charge in [-0.1, -0.05) is 39.1 Å². The van der Waals surface area contributed by atoms with Gasteiger partial charge in [-0.15, -0.1) is 11.3 Å². The van der Waals surface area contributed by atoms with Gasteiger partial charge in [0, 0.05) is 20.4 Å². The highest BCUT2D eigenvalue weighted by atomic mass is 79.9. The van der Waals surface area contributed by atoms with E-state index in [0.717, 1.165) is 18.4 Å². The van der Waals surface area contributed by atoms with E-state index >= 15 is 0 Å². The molecule has 0 aliphatic heterocycles. The van der Waals surface area contributed by atoms with Crippen molar-refractivity contribution in [2.75, 3.05) is 5.32 Å². The van der Waals surface area contributed by atoms with Crippen molar-refractivity contribution in [3.05, 3.63) is 45.9 Å². The molecule has 0 bridgehead atoms. The molecule has 2 aromatic rings. The number of hydrogen-bond acceptors (Lipinski definition) is 2. The van der Waals surface area contributed by atoms with E-state index in [4.69, 9.17) is 23.2 Å². The molecule has 1 nitrogen and oxygen atoms in total. The van der Waals surface area contributed by atoms with Crippen molar-refractivity contribution in [2.24, 2.45) is 0 Å². The van der Waals surface area contributed by atoms with Gasteiger partial charge in [-0.2, -0.15) is 0 Å². The van der Waals surface area contributed by atoms with Gasteiger partial charge in [0.15, 0.2) is 0 Å². The molecule has 7 heteroatoms. The Morgan fingerprint density at radius 1 is 1.06 bits per heavy atom. The zero-order chi connectivity index (χ0) is 13.3. The second-order valence-electron chi connectivity index (χ2n) is 3.43. The Morgan fingerprint density at radius 2 is 1.67 bits per heavy atom.